The zero-order valence-electron chi connectivity index (χ0n) is 9.28. The number of hydrogen-bond acceptors (Lipinski definition) is 4. The number of nitrogens with two attached hydrogens (primary N) is 1. The quantitative estimate of drug-likeness (QED) is 0.806. The van der Waals surface area contributed by atoms with Crippen molar-refractivity contribution in [3.8, 4) is 0 Å². The molecule has 1 fully saturated rings. The second-order valence-corrected chi connectivity index (χ2v) is 4.33. The summed E-state index contributed by atoms with van der Waals surface area (Å²) < 4.78 is 5.37. The molecule has 1 aromatic rings. The minimum atomic E-state index is 0.547. The lowest BCUT2D eigenvalue weighted by Crippen LogP contribution is -2.29. The van der Waals surface area contributed by atoms with E-state index in [0.29, 0.717) is 12.5 Å². The van der Waals surface area contributed by atoms with Gasteiger partial charge in [0.2, 0.25) is 0 Å². The minimum absolute atomic E-state index is 0.547. The Morgan fingerprint density at radius 1 is 1.53 bits per heavy atom. The molecule has 0 aliphatic carbocycles. The van der Waals surface area contributed by atoms with Crippen molar-refractivity contribution in [3.63, 3.8) is 0 Å². The Labute approximate surface area is 90.4 Å². The summed E-state index contributed by atoms with van der Waals surface area (Å²) in [7, 11) is 2.16. The summed E-state index contributed by atoms with van der Waals surface area (Å²) >= 11 is 0. The molecule has 0 aromatic carbocycles. The van der Waals surface area contributed by atoms with Crippen molar-refractivity contribution in [3.05, 3.63) is 17.5 Å². The molecule has 2 heterocycles. The summed E-state index contributed by atoms with van der Waals surface area (Å²) in [6.07, 6.45) is 5.04. The van der Waals surface area contributed by atoms with Crippen molar-refractivity contribution in [1.29, 1.82) is 0 Å². The van der Waals surface area contributed by atoms with Crippen molar-refractivity contribution in [1.82, 2.24) is 10.1 Å². The van der Waals surface area contributed by atoms with E-state index in [1.54, 1.807) is 0 Å². The van der Waals surface area contributed by atoms with Gasteiger partial charge in [-0.15, -0.1) is 0 Å². The molecule has 0 saturated carbocycles. The largest absolute Gasteiger partial charge is 0.361 e. The minimum Gasteiger partial charge on any atom is -0.361 e. The molecule has 2 N–H and O–H groups in total. The Hall–Kier alpha value is -0.870. The summed E-state index contributed by atoms with van der Waals surface area (Å²) in [5.41, 5.74) is 6.76. The maximum absolute atomic E-state index is 5.56. The van der Waals surface area contributed by atoms with Crippen LogP contribution in [0, 0.1) is 0 Å². The molecular formula is C11H19N3O. The zero-order chi connectivity index (χ0) is 10.7. The van der Waals surface area contributed by atoms with Crippen molar-refractivity contribution in [2.24, 2.45) is 5.73 Å². The standard InChI is InChI=1S/C11H19N3O/c1-14-6-3-9(4-7-14)11-10(2-5-12)8-13-15-11/h8-9H,2-7,12H2,1H3. The molecule has 1 aliphatic heterocycles. The summed E-state index contributed by atoms with van der Waals surface area (Å²) in [5, 5.41) is 3.89. The lowest BCUT2D eigenvalue weighted by molar-refractivity contribution is 0.230. The van der Waals surface area contributed by atoms with Crippen LogP contribution in [-0.4, -0.2) is 36.7 Å². The lowest BCUT2D eigenvalue weighted by Gasteiger charge is -2.27. The molecule has 0 amide bonds. The Morgan fingerprint density at radius 2 is 2.27 bits per heavy atom. The maximum Gasteiger partial charge on any atom is 0.143 e. The van der Waals surface area contributed by atoms with Gasteiger partial charge in [-0.3, -0.25) is 0 Å². The fourth-order valence-corrected chi connectivity index (χ4v) is 2.22. The number of piperidine rings is 1. The van der Waals surface area contributed by atoms with Crippen LogP contribution in [-0.2, 0) is 6.42 Å². The third-order valence-corrected chi connectivity index (χ3v) is 3.18. The first-order valence-corrected chi connectivity index (χ1v) is 5.63. The number of hydrogen-bond donors (Lipinski definition) is 1. The molecule has 1 saturated heterocycles. The van der Waals surface area contributed by atoms with Crippen LogP contribution in [0.25, 0.3) is 0 Å². The molecule has 0 atom stereocenters. The van der Waals surface area contributed by atoms with Crippen molar-refractivity contribution in [2.75, 3.05) is 26.7 Å². The van der Waals surface area contributed by atoms with E-state index in [-0.39, 0.29) is 0 Å². The van der Waals surface area contributed by atoms with Gasteiger partial charge in [0, 0.05) is 11.5 Å². The Morgan fingerprint density at radius 3 is 2.93 bits per heavy atom. The number of nitrogens with zero attached hydrogens (tertiary/aromatic N) is 2. The van der Waals surface area contributed by atoms with E-state index in [9.17, 15) is 0 Å². The number of aromatic nitrogens is 1. The Kier molecular flexibility index (Phi) is 3.38. The van der Waals surface area contributed by atoms with Gasteiger partial charge in [0.25, 0.3) is 0 Å². The maximum atomic E-state index is 5.56. The van der Waals surface area contributed by atoms with E-state index in [4.69, 9.17) is 10.3 Å². The highest BCUT2D eigenvalue weighted by Gasteiger charge is 2.23. The molecule has 4 nitrogen and oxygen atoms in total. The van der Waals surface area contributed by atoms with Crippen LogP contribution in [0.2, 0.25) is 0 Å². The molecular weight excluding hydrogens is 190 g/mol. The SMILES string of the molecule is CN1CCC(c2oncc2CCN)CC1. The van der Waals surface area contributed by atoms with Crippen LogP contribution in [0.3, 0.4) is 0 Å². The lowest BCUT2D eigenvalue weighted by atomic mass is 9.92. The van der Waals surface area contributed by atoms with Crippen LogP contribution >= 0.6 is 0 Å². The number of rotatable bonds is 3. The fraction of sp³-hybridized carbons (Fsp3) is 0.727. The topological polar surface area (TPSA) is 55.3 Å². The van der Waals surface area contributed by atoms with Gasteiger partial charge in [-0.05, 0) is 45.9 Å². The summed E-state index contributed by atoms with van der Waals surface area (Å²) in [6, 6.07) is 0. The van der Waals surface area contributed by atoms with E-state index in [0.717, 1.165) is 25.3 Å². The van der Waals surface area contributed by atoms with Crippen LogP contribution < -0.4 is 5.73 Å². The second-order valence-electron chi connectivity index (χ2n) is 4.33. The van der Waals surface area contributed by atoms with Crippen LogP contribution in [0.5, 0.6) is 0 Å². The number of likely N-dealkylation sites (tertiary alicyclic amines) is 1. The van der Waals surface area contributed by atoms with Gasteiger partial charge in [0.1, 0.15) is 5.76 Å². The highest BCUT2D eigenvalue weighted by atomic mass is 16.5. The second kappa shape index (κ2) is 4.77. The zero-order valence-corrected chi connectivity index (χ0v) is 9.28. The van der Waals surface area contributed by atoms with E-state index in [1.807, 2.05) is 6.20 Å². The predicted octanol–water partition coefficient (Wildman–Crippen LogP) is 0.985. The average molecular weight is 209 g/mol. The molecule has 0 spiro atoms. The Balaban J connectivity index is 2.05. The fourth-order valence-electron chi connectivity index (χ4n) is 2.22. The summed E-state index contributed by atoms with van der Waals surface area (Å²) in [4.78, 5) is 2.36. The molecule has 1 aliphatic rings. The summed E-state index contributed by atoms with van der Waals surface area (Å²) in [5.74, 6) is 1.62. The van der Waals surface area contributed by atoms with Gasteiger partial charge in [-0.1, -0.05) is 5.16 Å². The molecule has 2 rings (SSSR count). The van der Waals surface area contributed by atoms with Gasteiger partial charge in [0.05, 0.1) is 6.20 Å². The smallest absolute Gasteiger partial charge is 0.143 e. The molecule has 0 unspecified atom stereocenters. The van der Waals surface area contributed by atoms with Gasteiger partial charge in [-0.2, -0.15) is 0 Å². The van der Waals surface area contributed by atoms with Crippen LogP contribution in [0.4, 0.5) is 0 Å². The average Bonchev–Trinajstić information content (AvgIpc) is 2.68. The van der Waals surface area contributed by atoms with Crippen molar-refractivity contribution in [2.45, 2.75) is 25.2 Å². The van der Waals surface area contributed by atoms with E-state index in [1.165, 1.54) is 18.4 Å². The molecule has 0 bridgehead atoms. The first kappa shape index (κ1) is 10.6. The van der Waals surface area contributed by atoms with E-state index < -0.39 is 0 Å². The van der Waals surface area contributed by atoms with Gasteiger partial charge in [-0.25, -0.2) is 0 Å². The van der Waals surface area contributed by atoms with Crippen LogP contribution in [0.1, 0.15) is 30.1 Å². The Bertz CT molecular complexity index is 303. The van der Waals surface area contributed by atoms with Crippen molar-refractivity contribution >= 4 is 0 Å². The molecule has 0 radical (unpaired) electrons. The monoisotopic (exact) mass is 209 g/mol. The third kappa shape index (κ3) is 2.38. The van der Waals surface area contributed by atoms with Gasteiger partial charge in [0.15, 0.2) is 0 Å². The van der Waals surface area contributed by atoms with Crippen LogP contribution in [0.15, 0.2) is 10.7 Å². The molecule has 1 aromatic heterocycles. The first-order chi connectivity index (χ1) is 7.31. The molecule has 84 valence electrons. The highest BCUT2D eigenvalue weighted by Crippen LogP contribution is 2.29. The van der Waals surface area contributed by atoms with Gasteiger partial charge >= 0.3 is 0 Å². The van der Waals surface area contributed by atoms with Gasteiger partial charge < -0.3 is 15.2 Å². The molecule has 4 heteroatoms. The molecule has 15 heavy (non-hydrogen) atoms. The van der Waals surface area contributed by atoms with E-state index >= 15 is 0 Å². The van der Waals surface area contributed by atoms with E-state index in [2.05, 4.69) is 17.1 Å². The first-order valence-electron chi connectivity index (χ1n) is 5.63. The third-order valence-electron chi connectivity index (χ3n) is 3.18. The highest BCUT2D eigenvalue weighted by molar-refractivity contribution is 5.18. The van der Waals surface area contributed by atoms with Crippen molar-refractivity contribution < 1.29 is 4.52 Å². The normalized spacial score (nSPS) is 19.6. The summed E-state index contributed by atoms with van der Waals surface area (Å²) in [6.45, 7) is 2.96. The predicted molar refractivity (Wildman–Crippen MR) is 58.7 cm³/mol.